The van der Waals surface area contributed by atoms with E-state index in [9.17, 15) is 8.42 Å². The normalized spacial score (nSPS) is 11.7. The molecule has 0 bridgehead atoms. The van der Waals surface area contributed by atoms with Crippen LogP contribution in [0.1, 0.15) is 25.2 Å². The molecule has 8 heteroatoms. The van der Waals surface area contributed by atoms with Crippen molar-refractivity contribution in [3.63, 3.8) is 0 Å². The third-order valence-electron chi connectivity index (χ3n) is 3.01. The maximum Gasteiger partial charge on any atom is 0.242 e. The number of aromatic nitrogens is 2. The summed E-state index contributed by atoms with van der Waals surface area (Å²) in [5.41, 5.74) is 0.669. The minimum atomic E-state index is -3.30. The molecule has 0 fully saturated rings. The van der Waals surface area contributed by atoms with Crippen LogP contribution in [-0.2, 0) is 15.6 Å². The Morgan fingerprint density at radius 3 is 2.77 bits per heavy atom. The standard InChI is InChI=1S/C14H17ClN2O4S/c15-12-6-4-5-11(9-12)14-16-13(21-17-14)10-22(19,20)8-3-1-2-7-18/h4-6,9,18H,1-3,7-8,10H2. The summed E-state index contributed by atoms with van der Waals surface area (Å²) in [4.78, 5) is 4.10. The molecule has 0 atom stereocenters. The average molecular weight is 345 g/mol. The van der Waals surface area contributed by atoms with Crippen molar-refractivity contribution in [3.05, 3.63) is 35.2 Å². The van der Waals surface area contributed by atoms with Crippen LogP contribution in [0.25, 0.3) is 11.4 Å². The molecule has 2 aromatic rings. The second-order valence-corrected chi connectivity index (χ2v) is 7.52. The van der Waals surface area contributed by atoms with E-state index in [4.69, 9.17) is 21.2 Å². The first-order valence-corrected chi connectivity index (χ1v) is 9.10. The van der Waals surface area contributed by atoms with Crippen molar-refractivity contribution in [2.24, 2.45) is 0 Å². The molecular formula is C14H17ClN2O4S. The van der Waals surface area contributed by atoms with E-state index in [1.807, 2.05) is 0 Å². The second-order valence-electron chi connectivity index (χ2n) is 4.90. The van der Waals surface area contributed by atoms with Crippen LogP contribution in [0.3, 0.4) is 0 Å². The highest BCUT2D eigenvalue weighted by Gasteiger charge is 2.17. The van der Waals surface area contributed by atoms with Crippen LogP contribution in [0, 0.1) is 0 Å². The number of aliphatic hydroxyl groups is 1. The van der Waals surface area contributed by atoms with Crippen molar-refractivity contribution in [2.75, 3.05) is 12.4 Å². The lowest BCUT2D eigenvalue weighted by molar-refractivity contribution is 0.284. The number of benzene rings is 1. The number of unbranched alkanes of at least 4 members (excludes halogenated alkanes) is 2. The molecule has 0 saturated heterocycles. The minimum Gasteiger partial charge on any atom is -0.396 e. The fourth-order valence-electron chi connectivity index (χ4n) is 1.93. The van der Waals surface area contributed by atoms with Crippen LogP contribution in [0.2, 0.25) is 5.02 Å². The zero-order valence-electron chi connectivity index (χ0n) is 11.9. The van der Waals surface area contributed by atoms with Crippen molar-refractivity contribution in [1.82, 2.24) is 10.1 Å². The molecule has 0 aliphatic heterocycles. The Balaban J connectivity index is 1.99. The summed E-state index contributed by atoms with van der Waals surface area (Å²) < 4.78 is 28.9. The first-order chi connectivity index (χ1) is 10.5. The molecule has 6 nitrogen and oxygen atoms in total. The van der Waals surface area contributed by atoms with Crippen LogP contribution in [0.15, 0.2) is 28.8 Å². The fraction of sp³-hybridized carbons (Fsp3) is 0.429. The van der Waals surface area contributed by atoms with Gasteiger partial charge in [-0.25, -0.2) is 8.42 Å². The lowest BCUT2D eigenvalue weighted by Crippen LogP contribution is -2.09. The Labute approximate surface area is 134 Å². The first-order valence-electron chi connectivity index (χ1n) is 6.90. The molecule has 120 valence electrons. The summed E-state index contributed by atoms with van der Waals surface area (Å²) in [5, 5.41) is 13.0. The van der Waals surface area contributed by atoms with Crippen LogP contribution in [0.4, 0.5) is 0 Å². The molecule has 1 N–H and O–H groups in total. The van der Waals surface area contributed by atoms with Gasteiger partial charge in [-0.2, -0.15) is 4.98 Å². The molecule has 2 rings (SSSR count). The van der Waals surface area contributed by atoms with Crippen molar-refractivity contribution in [1.29, 1.82) is 0 Å². The summed E-state index contributed by atoms with van der Waals surface area (Å²) in [7, 11) is -3.30. The van der Waals surface area contributed by atoms with Gasteiger partial charge in [0.25, 0.3) is 0 Å². The largest absolute Gasteiger partial charge is 0.396 e. The monoisotopic (exact) mass is 344 g/mol. The molecule has 1 aromatic carbocycles. The lowest BCUT2D eigenvalue weighted by Gasteiger charge is -2.00. The lowest BCUT2D eigenvalue weighted by atomic mass is 10.2. The van der Waals surface area contributed by atoms with Gasteiger partial charge in [-0.15, -0.1) is 0 Å². The Hall–Kier alpha value is -1.44. The first kappa shape index (κ1) is 16.9. The van der Waals surface area contributed by atoms with Gasteiger partial charge in [-0.3, -0.25) is 0 Å². The average Bonchev–Trinajstić information content (AvgIpc) is 2.91. The van der Waals surface area contributed by atoms with Crippen molar-refractivity contribution in [2.45, 2.75) is 25.0 Å². The predicted octanol–water partition coefficient (Wildman–Crippen LogP) is 2.47. The van der Waals surface area contributed by atoms with Gasteiger partial charge in [0.1, 0.15) is 5.75 Å². The van der Waals surface area contributed by atoms with Gasteiger partial charge < -0.3 is 9.63 Å². The molecule has 0 aliphatic rings. The van der Waals surface area contributed by atoms with Crippen LogP contribution < -0.4 is 0 Å². The topological polar surface area (TPSA) is 93.3 Å². The van der Waals surface area contributed by atoms with Gasteiger partial charge in [-0.1, -0.05) is 35.3 Å². The van der Waals surface area contributed by atoms with Crippen molar-refractivity contribution < 1.29 is 18.0 Å². The minimum absolute atomic E-state index is 0.0435. The van der Waals surface area contributed by atoms with Crippen LogP contribution in [-0.4, -0.2) is 36.0 Å². The van der Waals surface area contributed by atoms with E-state index in [1.54, 1.807) is 24.3 Å². The number of halogens is 1. The highest BCUT2D eigenvalue weighted by molar-refractivity contribution is 7.90. The summed E-state index contributed by atoms with van der Waals surface area (Å²) in [5.74, 6) is 0.145. The van der Waals surface area contributed by atoms with E-state index >= 15 is 0 Å². The Bertz CT molecular complexity index is 715. The number of nitrogens with zero attached hydrogens (tertiary/aromatic N) is 2. The summed E-state index contributed by atoms with van der Waals surface area (Å²) >= 11 is 5.89. The highest BCUT2D eigenvalue weighted by Crippen LogP contribution is 2.20. The maximum absolute atomic E-state index is 12.0. The number of hydrogen-bond acceptors (Lipinski definition) is 6. The van der Waals surface area contributed by atoms with E-state index < -0.39 is 9.84 Å². The summed E-state index contributed by atoms with van der Waals surface area (Å²) in [6.07, 6.45) is 1.79. The predicted molar refractivity (Wildman–Crippen MR) is 83.2 cm³/mol. The van der Waals surface area contributed by atoms with Crippen LogP contribution in [0.5, 0.6) is 0 Å². The molecule has 0 saturated carbocycles. The van der Waals surface area contributed by atoms with E-state index in [2.05, 4.69) is 10.1 Å². The second kappa shape index (κ2) is 7.71. The van der Waals surface area contributed by atoms with Gasteiger partial charge in [0.15, 0.2) is 9.84 Å². The molecule has 1 heterocycles. The zero-order valence-corrected chi connectivity index (χ0v) is 13.5. The van der Waals surface area contributed by atoms with Gasteiger partial charge in [0, 0.05) is 17.2 Å². The maximum atomic E-state index is 12.0. The Morgan fingerprint density at radius 1 is 1.23 bits per heavy atom. The number of hydrogen-bond donors (Lipinski definition) is 1. The molecule has 22 heavy (non-hydrogen) atoms. The SMILES string of the molecule is O=S(=O)(CCCCCO)Cc1nc(-c2cccc(Cl)c2)no1. The molecular weight excluding hydrogens is 328 g/mol. The zero-order chi connectivity index (χ0) is 16.0. The van der Waals surface area contributed by atoms with E-state index in [0.717, 1.165) is 0 Å². The third kappa shape index (κ3) is 5.08. The van der Waals surface area contributed by atoms with Crippen molar-refractivity contribution in [3.8, 4) is 11.4 Å². The van der Waals surface area contributed by atoms with Gasteiger partial charge in [0.05, 0.1) is 5.75 Å². The Morgan fingerprint density at radius 2 is 2.05 bits per heavy atom. The molecule has 1 aromatic heterocycles. The molecule has 0 spiro atoms. The van der Waals surface area contributed by atoms with E-state index in [-0.39, 0.29) is 24.0 Å². The Kier molecular flexibility index (Phi) is 5.93. The molecule has 0 amide bonds. The van der Waals surface area contributed by atoms with Gasteiger partial charge in [-0.05, 0) is 25.0 Å². The van der Waals surface area contributed by atoms with E-state index in [1.165, 1.54) is 0 Å². The summed E-state index contributed by atoms with van der Waals surface area (Å²) in [6, 6.07) is 6.93. The fourth-order valence-corrected chi connectivity index (χ4v) is 3.40. The number of aliphatic hydroxyl groups excluding tert-OH is 1. The third-order valence-corrected chi connectivity index (χ3v) is 4.84. The number of sulfone groups is 1. The summed E-state index contributed by atoms with van der Waals surface area (Å²) in [6.45, 7) is 0.0761. The quantitative estimate of drug-likeness (QED) is 0.739. The van der Waals surface area contributed by atoms with Crippen LogP contribution >= 0.6 is 11.6 Å². The van der Waals surface area contributed by atoms with E-state index in [0.29, 0.717) is 35.7 Å². The highest BCUT2D eigenvalue weighted by atomic mass is 35.5. The van der Waals surface area contributed by atoms with Gasteiger partial charge in [0.2, 0.25) is 11.7 Å². The van der Waals surface area contributed by atoms with Crippen molar-refractivity contribution >= 4 is 21.4 Å². The smallest absolute Gasteiger partial charge is 0.242 e. The van der Waals surface area contributed by atoms with Gasteiger partial charge >= 0.3 is 0 Å². The number of rotatable bonds is 8. The molecule has 0 unspecified atom stereocenters. The molecule has 0 radical (unpaired) electrons. The molecule has 0 aliphatic carbocycles.